The Bertz CT molecular complexity index is 494. The molecule has 0 saturated heterocycles. The van der Waals surface area contributed by atoms with Crippen molar-refractivity contribution < 1.29 is 0 Å². The van der Waals surface area contributed by atoms with Gasteiger partial charge in [-0.3, -0.25) is 4.79 Å². The maximum Gasteiger partial charge on any atom is 0.255 e. The monoisotopic (exact) mass is 189 g/mol. The van der Waals surface area contributed by atoms with Crippen molar-refractivity contribution in [1.82, 2.24) is 4.98 Å². The molecule has 0 aromatic carbocycles. The second-order valence-corrected chi connectivity index (χ2v) is 3.04. The van der Waals surface area contributed by atoms with Gasteiger partial charge in [0, 0.05) is 10.9 Å². The van der Waals surface area contributed by atoms with Gasteiger partial charge in [0.15, 0.2) is 0 Å². The molecule has 0 fully saturated rings. The number of nitrogens with one attached hydrogen (secondary N) is 1. The summed E-state index contributed by atoms with van der Waals surface area (Å²) in [6.45, 7) is 7.50. The molecule has 0 atom stereocenters. The maximum absolute atomic E-state index is 11.6. The van der Waals surface area contributed by atoms with Crippen molar-refractivity contribution in [3.05, 3.63) is 45.2 Å². The quantitative estimate of drug-likeness (QED) is 0.730. The fourth-order valence-corrected chi connectivity index (χ4v) is 1.40. The topological polar surface area (TPSA) is 32.9 Å². The Balaban J connectivity index is 3.70. The third-order valence-electron chi connectivity index (χ3n) is 2.13. The molecular weight excluding hydrogens is 174 g/mol. The van der Waals surface area contributed by atoms with Gasteiger partial charge in [0.2, 0.25) is 0 Å². The molecule has 0 bridgehead atoms. The van der Waals surface area contributed by atoms with E-state index in [4.69, 9.17) is 0 Å². The van der Waals surface area contributed by atoms with Crippen LogP contribution in [-0.2, 0) is 6.42 Å². The highest BCUT2D eigenvalue weighted by molar-refractivity contribution is 5.37. The van der Waals surface area contributed by atoms with Gasteiger partial charge in [0.05, 0.1) is 0 Å². The third kappa shape index (κ3) is 2.02. The molecule has 1 aromatic heterocycles. The van der Waals surface area contributed by atoms with E-state index in [2.05, 4.69) is 11.6 Å². The normalized spacial score (nSPS) is 13.3. The molecule has 74 valence electrons. The molecule has 1 rings (SSSR count). The molecule has 0 saturated carbocycles. The number of aromatic amines is 1. The maximum atomic E-state index is 11.6. The van der Waals surface area contributed by atoms with E-state index in [1.807, 2.05) is 32.1 Å². The summed E-state index contributed by atoms with van der Waals surface area (Å²) in [6, 6.07) is 1.98. The van der Waals surface area contributed by atoms with Crippen molar-refractivity contribution in [2.45, 2.75) is 20.3 Å². The minimum Gasteiger partial charge on any atom is -0.326 e. The van der Waals surface area contributed by atoms with Crippen LogP contribution in [0.25, 0.3) is 12.2 Å². The van der Waals surface area contributed by atoms with Crippen molar-refractivity contribution in [2.75, 3.05) is 0 Å². The molecule has 2 nitrogen and oxygen atoms in total. The molecule has 0 amide bonds. The van der Waals surface area contributed by atoms with Crippen molar-refractivity contribution in [3.8, 4) is 0 Å². The standard InChI is InChI=1S/C12H15NO/c1-4-7-9-8-10(5-2)13-12(14)11(9)6-3/h4,6-8H,1,5H2,2-3H3,(H,13,14)/b9-7-,11-6+. The highest BCUT2D eigenvalue weighted by Gasteiger charge is 1.94. The van der Waals surface area contributed by atoms with Gasteiger partial charge in [0.1, 0.15) is 0 Å². The zero-order valence-corrected chi connectivity index (χ0v) is 8.63. The van der Waals surface area contributed by atoms with Crippen LogP contribution in [0.4, 0.5) is 0 Å². The lowest BCUT2D eigenvalue weighted by atomic mass is 10.2. The predicted octanol–water partition coefficient (Wildman–Crippen LogP) is 0.704. The Kier molecular flexibility index (Phi) is 3.46. The summed E-state index contributed by atoms with van der Waals surface area (Å²) in [6.07, 6.45) is 6.19. The van der Waals surface area contributed by atoms with E-state index < -0.39 is 0 Å². The molecule has 0 aliphatic carbocycles. The molecule has 0 unspecified atom stereocenters. The number of aryl methyl sites for hydroxylation is 1. The lowest BCUT2D eigenvalue weighted by Gasteiger charge is -1.96. The zero-order valence-electron chi connectivity index (χ0n) is 8.63. The summed E-state index contributed by atoms with van der Waals surface area (Å²) in [5.74, 6) is 0. The minimum atomic E-state index is -0.0278. The van der Waals surface area contributed by atoms with Crippen LogP contribution < -0.4 is 16.0 Å². The molecule has 1 N–H and O–H groups in total. The van der Waals surface area contributed by atoms with Crippen molar-refractivity contribution >= 4 is 12.2 Å². The van der Waals surface area contributed by atoms with Crippen LogP contribution in [0.5, 0.6) is 0 Å². The lowest BCUT2D eigenvalue weighted by Crippen LogP contribution is -2.41. The first kappa shape index (κ1) is 10.5. The molecule has 1 heterocycles. The van der Waals surface area contributed by atoms with E-state index in [9.17, 15) is 4.79 Å². The van der Waals surface area contributed by atoms with E-state index in [0.717, 1.165) is 17.3 Å². The Hall–Kier alpha value is -1.57. The van der Waals surface area contributed by atoms with Gasteiger partial charge in [-0.15, -0.1) is 0 Å². The van der Waals surface area contributed by atoms with Crippen LogP contribution in [0.15, 0.2) is 23.5 Å². The molecule has 2 heteroatoms. The number of H-pyrrole nitrogens is 1. The summed E-state index contributed by atoms with van der Waals surface area (Å²) >= 11 is 0. The highest BCUT2D eigenvalue weighted by Crippen LogP contribution is 1.84. The molecule has 1 aromatic rings. The van der Waals surface area contributed by atoms with Crippen LogP contribution >= 0.6 is 0 Å². The number of aromatic nitrogens is 1. The van der Waals surface area contributed by atoms with Crippen molar-refractivity contribution in [3.63, 3.8) is 0 Å². The average Bonchev–Trinajstić information content (AvgIpc) is 2.18. The van der Waals surface area contributed by atoms with Gasteiger partial charge in [-0.1, -0.05) is 31.7 Å². The van der Waals surface area contributed by atoms with E-state index in [-0.39, 0.29) is 5.56 Å². The predicted molar refractivity (Wildman–Crippen MR) is 60.5 cm³/mol. The molecule has 0 spiro atoms. The summed E-state index contributed by atoms with van der Waals surface area (Å²) < 4.78 is 0. The molecule has 14 heavy (non-hydrogen) atoms. The summed E-state index contributed by atoms with van der Waals surface area (Å²) in [7, 11) is 0. The zero-order chi connectivity index (χ0) is 10.6. The first-order valence-electron chi connectivity index (χ1n) is 4.74. The molecule has 0 aliphatic rings. The van der Waals surface area contributed by atoms with Gasteiger partial charge in [-0.05, 0) is 24.6 Å². The largest absolute Gasteiger partial charge is 0.326 e. The summed E-state index contributed by atoms with van der Waals surface area (Å²) in [5.41, 5.74) is 0.925. The minimum absolute atomic E-state index is 0.0278. The van der Waals surface area contributed by atoms with E-state index in [0.29, 0.717) is 5.22 Å². The molecule has 0 radical (unpaired) electrons. The van der Waals surface area contributed by atoms with Gasteiger partial charge >= 0.3 is 0 Å². The lowest BCUT2D eigenvalue weighted by molar-refractivity contribution is 0.995. The SMILES string of the molecule is C=C/C=c1/cc(CC)[nH]c(=O)/c1=C/C. The van der Waals surface area contributed by atoms with E-state index in [1.165, 1.54) is 0 Å². The Morgan fingerprint density at radius 2 is 2.29 bits per heavy atom. The fourth-order valence-electron chi connectivity index (χ4n) is 1.40. The van der Waals surface area contributed by atoms with Crippen LogP contribution in [0, 0.1) is 0 Å². The Morgan fingerprint density at radius 1 is 1.57 bits per heavy atom. The second-order valence-electron chi connectivity index (χ2n) is 3.04. The Labute approximate surface area is 83.3 Å². The van der Waals surface area contributed by atoms with Crippen LogP contribution in [0.1, 0.15) is 19.5 Å². The first-order valence-corrected chi connectivity index (χ1v) is 4.74. The first-order chi connectivity index (χ1) is 6.72. The Morgan fingerprint density at radius 3 is 2.79 bits per heavy atom. The highest BCUT2D eigenvalue weighted by atomic mass is 16.1. The summed E-state index contributed by atoms with van der Waals surface area (Å²) in [5, 5.41) is 1.64. The number of hydrogen-bond donors (Lipinski definition) is 1. The number of rotatable bonds is 2. The van der Waals surface area contributed by atoms with Gasteiger partial charge in [0.25, 0.3) is 5.56 Å². The van der Waals surface area contributed by atoms with Crippen molar-refractivity contribution in [2.24, 2.45) is 0 Å². The number of allylic oxidation sites excluding steroid dienone is 1. The van der Waals surface area contributed by atoms with Gasteiger partial charge < -0.3 is 4.98 Å². The van der Waals surface area contributed by atoms with E-state index in [1.54, 1.807) is 6.08 Å². The van der Waals surface area contributed by atoms with Crippen LogP contribution in [0.2, 0.25) is 0 Å². The summed E-state index contributed by atoms with van der Waals surface area (Å²) in [4.78, 5) is 14.4. The molecular formula is C12H15NO. The average molecular weight is 189 g/mol. The second kappa shape index (κ2) is 4.61. The van der Waals surface area contributed by atoms with Crippen LogP contribution in [-0.4, -0.2) is 4.98 Å². The van der Waals surface area contributed by atoms with E-state index >= 15 is 0 Å². The third-order valence-corrected chi connectivity index (χ3v) is 2.13. The van der Waals surface area contributed by atoms with Crippen molar-refractivity contribution in [1.29, 1.82) is 0 Å². The number of pyridine rings is 1. The number of hydrogen-bond acceptors (Lipinski definition) is 1. The van der Waals surface area contributed by atoms with Crippen LogP contribution in [0.3, 0.4) is 0 Å². The smallest absolute Gasteiger partial charge is 0.255 e. The fraction of sp³-hybridized carbons (Fsp3) is 0.250. The van der Waals surface area contributed by atoms with Gasteiger partial charge in [-0.25, -0.2) is 0 Å². The molecule has 0 aliphatic heterocycles. The van der Waals surface area contributed by atoms with Gasteiger partial charge in [-0.2, -0.15) is 0 Å².